The van der Waals surface area contributed by atoms with Crippen molar-refractivity contribution in [3.63, 3.8) is 0 Å². The minimum absolute atomic E-state index is 0.00866. The van der Waals surface area contributed by atoms with E-state index in [1.165, 1.54) is 15.3 Å². The van der Waals surface area contributed by atoms with Crippen molar-refractivity contribution >= 4 is 52.2 Å². The maximum Gasteiger partial charge on any atom is 0.270 e. The van der Waals surface area contributed by atoms with Gasteiger partial charge in [0.05, 0.1) is 18.4 Å². The maximum atomic E-state index is 13.4. The molecule has 0 unspecified atom stereocenters. The van der Waals surface area contributed by atoms with Gasteiger partial charge in [-0.05, 0) is 99.3 Å². The van der Waals surface area contributed by atoms with Gasteiger partial charge in [0.25, 0.3) is 11.8 Å². The molecule has 0 spiro atoms. The van der Waals surface area contributed by atoms with Crippen molar-refractivity contribution < 1.29 is 14.3 Å². The molecule has 5 rings (SSSR count). The lowest BCUT2D eigenvalue weighted by Crippen LogP contribution is -2.54. The number of amides is 2. The van der Waals surface area contributed by atoms with E-state index in [-0.39, 0.29) is 10.7 Å². The summed E-state index contributed by atoms with van der Waals surface area (Å²) >= 11 is 6.98. The normalized spacial score (nSPS) is 16.7. The van der Waals surface area contributed by atoms with Gasteiger partial charge in [-0.3, -0.25) is 19.8 Å². The van der Waals surface area contributed by atoms with Gasteiger partial charge in [-0.25, -0.2) is 0 Å². The van der Waals surface area contributed by atoms with Crippen LogP contribution in [0.3, 0.4) is 0 Å². The van der Waals surface area contributed by atoms with Gasteiger partial charge in [-0.15, -0.1) is 11.3 Å². The van der Waals surface area contributed by atoms with Crippen LogP contribution in [0, 0.1) is 25.2 Å². The summed E-state index contributed by atoms with van der Waals surface area (Å²) in [6.45, 7) is 3.91. The molecule has 2 aliphatic rings. The van der Waals surface area contributed by atoms with Crippen molar-refractivity contribution in [3.8, 4) is 16.8 Å². The molecule has 2 amide bonds. The summed E-state index contributed by atoms with van der Waals surface area (Å²) in [5.41, 5.74) is 4.96. The predicted octanol–water partition coefficient (Wildman–Crippen LogP) is 4.75. The Labute approximate surface area is 218 Å². The number of methoxy groups -OCH3 is 1. The molecule has 0 saturated carbocycles. The van der Waals surface area contributed by atoms with Crippen LogP contribution in [0.4, 0.5) is 5.69 Å². The quantitative estimate of drug-likeness (QED) is 0.307. The molecule has 1 saturated heterocycles. The summed E-state index contributed by atoms with van der Waals surface area (Å²) in [4.78, 5) is 28.9. The average Bonchev–Trinajstić information content (AvgIpc) is 3.37. The SMILES string of the molecule is COc1ccc(N2C(=O)/C(=C/c3cc(C)n(-c4sc5c(c4C#N)CCCC5)c3C)C(=O)NC2=S)cc1. The van der Waals surface area contributed by atoms with Crippen LogP contribution in [0.1, 0.15) is 45.8 Å². The van der Waals surface area contributed by atoms with Gasteiger partial charge >= 0.3 is 0 Å². The molecule has 1 fully saturated rings. The molecule has 36 heavy (non-hydrogen) atoms. The maximum absolute atomic E-state index is 13.4. The molecular formula is C27H24N4O3S2. The van der Waals surface area contributed by atoms with E-state index in [0.29, 0.717) is 11.4 Å². The van der Waals surface area contributed by atoms with E-state index in [4.69, 9.17) is 17.0 Å². The molecule has 7 nitrogen and oxygen atoms in total. The molecule has 0 atom stereocenters. The van der Waals surface area contributed by atoms with Gasteiger partial charge in [0, 0.05) is 16.3 Å². The summed E-state index contributed by atoms with van der Waals surface area (Å²) in [5.74, 6) is -0.389. The Balaban J connectivity index is 1.55. The fourth-order valence-corrected chi connectivity index (χ4v) is 6.58. The first-order valence-electron chi connectivity index (χ1n) is 11.6. The number of anilines is 1. The molecule has 9 heteroatoms. The Hall–Kier alpha value is -3.74. The zero-order valence-corrected chi connectivity index (χ0v) is 21.8. The number of ether oxygens (including phenoxy) is 1. The molecule has 1 aromatic carbocycles. The highest BCUT2D eigenvalue weighted by atomic mass is 32.1. The molecular weight excluding hydrogens is 492 g/mol. The molecule has 3 aromatic rings. The monoisotopic (exact) mass is 516 g/mol. The van der Waals surface area contributed by atoms with E-state index in [1.54, 1.807) is 48.8 Å². The first-order chi connectivity index (χ1) is 17.3. The van der Waals surface area contributed by atoms with E-state index < -0.39 is 11.8 Å². The number of nitriles is 1. The van der Waals surface area contributed by atoms with Crippen LogP contribution in [0.25, 0.3) is 11.1 Å². The lowest BCUT2D eigenvalue weighted by atomic mass is 9.96. The van der Waals surface area contributed by atoms with Gasteiger partial charge in [0.2, 0.25) is 0 Å². The second-order valence-corrected chi connectivity index (χ2v) is 10.3. The topological polar surface area (TPSA) is 87.4 Å². The third-order valence-corrected chi connectivity index (χ3v) is 8.23. The number of aromatic nitrogens is 1. The van der Waals surface area contributed by atoms with Gasteiger partial charge < -0.3 is 9.30 Å². The largest absolute Gasteiger partial charge is 0.497 e. The van der Waals surface area contributed by atoms with Crippen LogP contribution >= 0.6 is 23.6 Å². The van der Waals surface area contributed by atoms with Crippen LogP contribution in [0.2, 0.25) is 0 Å². The smallest absolute Gasteiger partial charge is 0.270 e. The van der Waals surface area contributed by atoms with Crippen molar-refractivity contribution in [1.29, 1.82) is 5.26 Å². The van der Waals surface area contributed by atoms with E-state index in [2.05, 4.69) is 16.0 Å². The van der Waals surface area contributed by atoms with Gasteiger partial charge in [-0.1, -0.05) is 0 Å². The first kappa shape index (κ1) is 24.0. The van der Waals surface area contributed by atoms with Crippen molar-refractivity contribution in [3.05, 3.63) is 68.9 Å². The first-order valence-corrected chi connectivity index (χ1v) is 12.9. The molecule has 0 radical (unpaired) electrons. The van der Waals surface area contributed by atoms with Crippen molar-refractivity contribution in [2.24, 2.45) is 0 Å². The number of hydrogen-bond acceptors (Lipinski definition) is 6. The molecule has 0 bridgehead atoms. The van der Waals surface area contributed by atoms with Gasteiger partial charge in [0.15, 0.2) is 5.11 Å². The Morgan fingerprint density at radius 1 is 1.17 bits per heavy atom. The minimum Gasteiger partial charge on any atom is -0.497 e. The number of carbonyl (C=O) groups is 2. The highest BCUT2D eigenvalue weighted by Crippen LogP contribution is 2.38. The molecule has 1 N–H and O–H groups in total. The molecule has 1 aliphatic heterocycles. The predicted molar refractivity (Wildman–Crippen MR) is 144 cm³/mol. The van der Waals surface area contributed by atoms with E-state index in [0.717, 1.165) is 53.2 Å². The van der Waals surface area contributed by atoms with Crippen LogP contribution in [0.15, 0.2) is 35.9 Å². The zero-order chi connectivity index (χ0) is 25.6. The number of hydrogen-bond donors (Lipinski definition) is 1. The number of rotatable bonds is 4. The van der Waals surface area contributed by atoms with Gasteiger partial charge in [0.1, 0.15) is 22.4 Å². The van der Waals surface area contributed by atoms with Crippen LogP contribution in [-0.4, -0.2) is 28.6 Å². The number of aryl methyl sites for hydroxylation is 2. The van der Waals surface area contributed by atoms with Crippen molar-refractivity contribution in [2.75, 3.05) is 12.0 Å². The van der Waals surface area contributed by atoms with Crippen molar-refractivity contribution in [1.82, 2.24) is 9.88 Å². The van der Waals surface area contributed by atoms with Crippen molar-refractivity contribution in [2.45, 2.75) is 39.5 Å². The molecule has 3 heterocycles. The Kier molecular flexibility index (Phi) is 6.24. The third kappa shape index (κ3) is 3.92. The van der Waals surface area contributed by atoms with Crippen LogP contribution < -0.4 is 15.0 Å². The summed E-state index contributed by atoms with van der Waals surface area (Å²) in [6, 6.07) is 11.2. The molecule has 182 valence electrons. The Bertz CT molecular complexity index is 1490. The summed E-state index contributed by atoms with van der Waals surface area (Å²) < 4.78 is 7.26. The number of benzene rings is 1. The molecule has 2 aromatic heterocycles. The lowest BCUT2D eigenvalue weighted by Gasteiger charge is -2.29. The Morgan fingerprint density at radius 2 is 1.89 bits per heavy atom. The minimum atomic E-state index is -0.538. The number of nitrogens with one attached hydrogen (secondary N) is 1. The summed E-state index contributed by atoms with van der Waals surface area (Å²) in [6.07, 6.45) is 5.78. The van der Waals surface area contributed by atoms with Gasteiger partial charge in [-0.2, -0.15) is 5.26 Å². The van der Waals surface area contributed by atoms with E-state index >= 15 is 0 Å². The van der Waals surface area contributed by atoms with Crippen LogP contribution in [0.5, 0.6) is 5.75 Å². The van der Waals surface area contributed by atoms with E-state index in [1.807, 2.05) is 19.9 Å². The number of thiocarbonyl (C=S) groups is 1. The fourth-order valence-electron chi connectivity index (χ4n) is 4.85. The average molecular weight is 517 g/mol. The molecule has 1 aliphatic carbocycles. The highest BCUT2D eigenvalue weighted by Gasteiger charge is 2.35. The standard InChI is InChI=1S/C27H24N4O3S2/c1-15-12-17(16(2)30(15)26-22(14-28)20-6-4-5-7-23(20)36-26)13-21-24(32)29-27(35)31(25(21)33)18-8-10-19(34-3)11-9-18/h8-13H,4-7H2,1-3H3,(H,29,32,35)/b21-13+. The van der Waals surface area contributed by atoms with Crippen LogP contribution in [-0.2, 0) is 22.4 Å². The summed E-state index contributed by atoms with van der Waals surface area (Å²) in [7, 11) is 1.56. The number of nitrogens with zero attached hydrogens (tertiary/aromatic N) is 3. The highest BCUT2D eigenvalue weighted by molar-refractivity contribution is 7.80. The fraction of sp³-hybridized carbons (Fsp3) is 0.259. The summed E-state index contributed by atoms with van der Waals surface area (Å²) in [5, 5.41) is 13.5. The number of thiophene rings is 1. The second-order valence-electron chi connectivity index (χ2n) is 8.82. The Morgan fingerprint density at radius 3 is 2.58 bits per heavy atom. The van der Waals surface area contributed by atoms with E-state index in [9.17, 15) is 14.9 Å². The second kappa shape index (κ2) is 9.37. The number of fused-ring (bicyclic) bond motifs is 1. The zero-order valence-electron chi connectivity index (χ0n) is 20.2. The third-order valence-electron chi connectivity index (χ3n) is 6.67. The number of carbonyl (C=O) groups excluding carboxylic acids is 2. The lowest BCUT2D eigenvalue weighted by molar-refractivity contribution is -0.122.